The van der Waals surface area contributed by atoms with Gasteiger partial charge in [-0.1, -0.05) is 25.1 Å². The minimum atomic E-state index is -4.66. The molecule has 2 amide bonds. The quantitative estimate of drug-likeness (QED) is 0.247. The maximum atomic E-state index is 14.5. The normalized spacial score (nSPS) is 17.7. The summed E-state index contributed by atoms with van der Waals surface area (Å²) < 4.78 is 47.1. The van der Waals surface area contributed by atoms with Gasteiger partial charge < -0.3 is 14.4 Å². The van der Waals surface area contributed by atoms with Crippen molar-refractivity contribution in [3.8, 4) is 0 Å². The summed E-state index contributed by atoms with van der Waals surface area (Å²) in [6, 6.07) is 9.64. The molecule has 45 heavy (non-hydrogen) atoms. The van der Waals surface area contributed by atoms with Crippen LogP contribution in [0.5, 0.6) is 0 Å². The Bertz CT molecular complexity index is 1810. The molecule has 0 spiro atoms. The fourth-order valence-electron chi connectivity index (χ4n) is 6.81. The number of amides is 2. The fourth-order valence-corrected chi connectivity index (χ4v) is 6.81. The van der Waals surface area contributed by atoms with Gasteiger partial charge in [0.25, 0.3) is 5.91 Å². The smallest absolute Gasteiger partial charge is 0.329 e. The number of anilines is 1. The largest absolute Gasteiger partial charge is 0.416 e. The molecule has 1 saturated carbocycles. The van der Waals surface area contributed by atoms with Crippen LogP contribution < -0.4 is 4.90 Å². The number of hydrogen-bond donors (Lipinski definition) is 0. The minimum absolute atomic E-state index is 0.0258. The summed E-state index contributed by atoms with van der Waals surface area (Å²) in [5, 5.41) is 13.0. The zero-order valence-corrected chi connectivity index (χ0v) is 25.0. The van der Waals surface area contributed by atoms with Crippen LogP contribution in [-0.2, 0) is 37.7 Å². The first-order chi connectivity index (χ1) is 21.5. The van der Waals surface area contributed by atoms with E-state index in [1.54, 1.807) is 41.2 Å². The second kappa shape index (κ2) is 10.7. The summed E-state index contributed by atoms with van der Waals surface area (Å²) in [7, 11) is 1.90. The monoisotopic (exact) mass is 615 g/mol. The number of carbonyl (C=O) groups excluding carboxylic acids is 2. The van der Waals surface area contributed by atoms with Crippen LogP contribution in [0.1, 0.15) is 87.8 Å². The average Bonchev–Trinajstić information content (AvgIpc) is 3.76. The van der Waals surface area contributed by atoms with Crippen molar-refractivity contribution in [3.63, 3.8) is 0 Å². The Kier molecular flexibility index (Phi) is 6.90. The van der Waals surface area contributed by atoms with Crippen molar-refractivity contribution < 1.29 is 22.8 Å². The molecule has 12 heteroatoms. The number of aromatic nitrogens is 5. The van der Waals surface area contributed by atoms with Crippen molar-refractivity contribution in [1.82, 2.24) is 29.4 Å². The molecule has 2 atom stereocenters. The van der Waals surface area contributed by atoms with Crippen molar-refractivity contribution in [1.29, 1.82) is 0 Å². The predicted octanol–water partition coefficient (Wildman–Crippen LogP) is 5.76. The van der Waals surface area contributed by atoms with Gasteiger partial charge in [-0.2, -0.15) is 18.3 Å². The first-order valence-electron chi connectivity index (χ1n) is 15.0. The Balaban J connectivity index is 1.21. The second-order valence-corrected chi connectivity index (χ2v) is 12.2. The van der Waals surface area contributed by atoms with Crippen LogP contribution in [0.3, 0.4) is 0 Å². The molecule has 1 aliphatic carbocycles. The molecule has 232 valence electrons. The Morgan fingerprint density at radius 1 is 1.11 bits per heavy atom. The van der Waals surface area contributed by atoms with Crippen molar-refractivity contribution >= 4 is 17.5 Å². The second-order valence-electron chi connectivity index (χ2n) is 12.2. The molecule has 2 aliphatic heterocycles. The standard InChI is InChI=1S/C33H32F3N7O2/c1-4-29(44)41-14-23-15-43(39-28(23)17-41)19(2)22-12-25-26(27(13-22)33(34,35)36)16-42(32(25)45)24-10-6-9-21(11-24)30(20-7-5-8-20)31-38-37-18-40(31)3/h4,6,9-13,15,18-20,30H,1,5,7-8,14,16-17H2,2-3H3/t19-,30+/m0/s1. The topological polar surface area (TPSA) is 89.2 Å². The lowest BCUT2D eigenvalue weighted by atomic mass is 9.72. The van der Waals surface area contributed by atoms with Crippen molar-refractivity contribution in [2.45, 2.75) is 64.0 Å². The Morgan fingerprint density at radius 2 is 1.91 bits per heavy atom. The van der Waals surface area contributed by atoms with Gasteiger partial charge in [0.05, 0.1) is 30.4 Å². The van der Waals surface area contributed by atoms with E-state index < -0.39 is 23.7 Å². The molecule has 4 heterocycles. The van der Waals surface area contributed by atoms with Gasteiger partial charge in [-0.25, -0.2) is 0 Å². The van der Waals surface area contributed by atoms with E-state index in [1.807, 2.05) is 29.8 Å². The van der Waals surface area contributed by atoms with Crippen LogP contribution in [0.15, 0.2) is 61.6 Å². The molecule has 0 N–H and O–H groups in total. The van der Waals surface area contributed by atoms with Crippen molar-refractivity contribution in [2.75, 3.05) is 4.90 Å². The van der Waals surface area contributed by atoms with E-state index in [2.05, 4.69) is 21.9 Å². The molecule has 1 fully saturated rings. The van der Waals surface area contributed by atoms with Gasteiger partial charge in [0.1, 0.15) is 12.2 Å². The van der Waals surface area contributed by atoms with E-state index >= 15 is 0 Å². The molecular weight excluding hydrogens is 583 g/mol. The molecular formula is C33H32F3N7O2. The van der Waals surface area contributed by atoms with Crippen LogP contribution in [0.25, 0.3) is 0 Å². The van der Waals surface area contributed by atoms with Crippen LogP contribution in [0.4, 0.5) is 18.9 Å². The van der Waals surface area contributed by atoms with Gasteiger partial charge in [-0.3, -0.25) is 14.3 Å². The summed E-state index contributed by atoms with van der Waals surface area (Å²) in [4.78, 5) is 28.9. The predicted molar refractivity (Wildman–Crippen MR) is 159 cm³/mol. The molecule has 0 bridgehead atoms. The highest BCUT2D eigenvalue weighted by atomic mass is 19.4. The molecule has 0 radical (unpaired) electrons. The van der Waals surface area contributed by atoms with E-state index in [-0.39, 0.29) is 29.5 Å². The van der Waals surface area contributed by atoms with Crippen LogP contribution in [0.2, 0.25) is 0 Å². The van der Waals surface area contributed by atoms with E-state index in [4.69, 9.17) is 0 Å². The molecule has 0 saturated heterocycles. The number of halogens is 3. The van der Waals surface area contributed by atoms with Gasteiger partial charge in [0, 0.05) is 42.5 Å². The van der Waals surface area contributed by atoms with Crippen LogP contribution in [0, 0.1) is 5.92 Å². The van der Waals surface area contributed by atoms with Gasteiger partial charge in [0.2, 0.25) is 5.91 Å². The molecule has 4 aromatic rings. The minimum Gasteiger partial charge on any atom is -0.329 e. The molecule has 2 aromatic carbocycles. The molecule has 9 nitrogen and oxygen atoms in total. The van der Waals surface area contributed by atoms with Crippen molar-refractivity contribution in [2.24, 2.45) is 13.0 Å². The van der Waals surface area contributed by atoms with E-state index in [9.17, 15) is 22.8 Å². The lowest BCUT2D eigenvalue weighted by molar-refractivity contribution is -0.138. The molecule has 2 aromatic heterocycles. The number of benzene rings is 2. The SMILES string of the molecule is C=CC(=O)N1Cc2cn([C@@H](C)c3cc4c(c(C(F)(F)F)c3)CN(c3cccc([C@H](c5nncn5C)C5CCC5)c3)C4=O)nc2C1. The third kappa shape index (κ3) is 4.92. The number of alkyl halides is 3. The van der Waals surface area contributed by atoms with Crippen LogP contribution in [-0.4, -0.2) is 41.3 Å². The van der Waals surface area contributed by atoms with Gasteiger partial charge in [-0.15, -0.1) is 10.2 Å². The lowest BCUT2D eigenvalue weighted by Gasteiger charge is -2.33. The summed E-state index contributed by atoms with van der Waals surface area (Å²) >= 11 is 0. The zero-order valence-electron chi connectivity index (χ0n) is 25.0. The molecule has 0 unspecified atom stereocenters. The Hall–Kier alpha value is -4.74. The Labute approximate surface area is 258 Å². The number of aryl methyl sites for hydroxylation is 1. The third-order valence-corrected chi connectivity index (χ3v) is 9.52. The highest BCUT2D eigenvalue weighted by molar-refractivity contribution is 6.10. The van der Waals surface area contributed by atoms with E-state index in [0.717, 1.165) is 42.3 Å². The number of rotatable bonds is 7. The summed E-state index contributed by atoms with van der Waals surface area (Å²) in [6.45, 7) is 5.76. The maximum absolute atomic E-state index is 14.5. The van der Waals surface area contributed by atoms with Gasteiger partial charge >= 0.3 is 6.18 Å². The molecule has 3 aliphatic rings. The van der Waals surface area contributed by atoms with Crippen LogP contribution >= 0.6 is 0 Å². The lowest BCUT2D eigenvalue weighted by Crippen LogP contribution is -2.25. The summed E-state index contributed by atoms with van der Waals surface area (Å²) in [5.74, 6) is 0.506. The summed E-state index contributed by atoms with van der Waals surface area (Å²) in [6.07, 6.45) is 3.24. The van der Waals surface area contributed by atoms with Gasteiger partial charge in [-0.05, 0) is 72.7 Å². The Morgan fingerprint density at radius 3 is 2.56 bits per heavy atom. The number of carbonyl (C=O) groups is 2. The highest BCUT2D eigenvalue weighted by Crippen LogP contribution is 2.45. The van der Waals surface area contributed by atoms with Crippen molar-refractivity contribution in [3.05, 3.63) is 106 Å². The first-order valence-corrected chi connectivity index (χ1v) is 15.0. The average molecular weight is 616 g/mol. The highest BCUT2D eigenvalue weighted by Gasteiger charge is 2.41. The van der Waals surface area contributed by atoms with E-state index in [1.165, 1.54) is 11.0 Å². The number of fused-ring (bicyclic) bond motifs is 2. The first kappa shape index (κ1) is 29.0. The van der Waals surface area contributed by atoms with Gasteiger partial charge in [0.15, 0.2) is 0 Å². The number of nitrogens with zero attached hydrogens (tertiary/aromatic N) is 7. The summed E-state index contributed by atoms with van der Waals surface area (Å²) in [5.41, 5.74) is 2.56. The fraction of sp³-hybridized carbons (Fsp3) is 0.364. The molecule has 7 rings (SSSR count). The maximum Gasteiger partial charge on any atom is 0.416 e. The van der Waals surface area contributed by atoms with E-state index in [0.29, 0.717) is 36.0 Å². The third-order valence-electron chi connectivity index (χ3n) is 9.52. The zero-order chi connectivity index (χ0) is 31.6. The number of hydrogen-bond acceptors (Lipinski definition) is 5.